The van der Waals surface area contributed by atoms with Gasteiger partial charge in [0.05, 0.1) is 11.0 Å². The van der Waals surface area contributed by atoms with Crippen molar-refractivity contribution in [3.8, 4) is 0 Å². The molecule has 0 spiro atoms. The molecular formula is C10H12BrNO2S. The lowest BCUT2D eigenvalue weighted by Gasteiger charge is -2.26. The van der Waals surface area contributed by atoms with Crippen molar-refractivity contribution >= 4 is 25.8 Å². The van der Waals surface area contributed by atoms with Crippen LogP contribution < -0.4 is 0 Å². The van der Waals surface area contributed by atoms with E-state index < -0.39 is 9.84 Å². The van der Waals surface area contributed by atoms with Crippen LogP contribution in [0.2, 0.25) is 0 Å². The Morgan fingerprint density at radius 2 is 2.33 bits per heavy atom. The smallest absolute Gasteiger partial charge is 0.153 e. The van der Waals surface area contributed by atoms with Gasteiger partial charge < -0.3 is 0 Å². The molecule has 0 N–H and O–H groups in total. The number of aromatic nitrogens is 1. The fraction of sp³-hybridized carbons (Fsp3) is 0.500. The van der Waals surface area contributed by atoms with Crippen molar-refractivity contribution in [2.45, 2.75) is 25.0 Å². The van der Waals surface area contributed by atoms with E-state index in [2.05, 4.69) is 20.9 Å². The molecular weight excluding hydrogens is 278 g/mol. The van der Waals surface area contributed by atoms with E-state index in [-0.39, 0.29) is 5.25 Å². The molecule has 0 radical (unpaired) electrons. The minimum absolute atomic E-state index is 0.188. The van der Waals surface area contributed by atoms with Crippen LogP contribution in [-0.2, 0) is 16.3 Å². The third-order valence-corrected chi connectivity index (χ3v) is 5.49. The molecule has 3 nitrogen and oxygen atoms in total. The van der Waals surface area contributed by atoms with Gasteiger partial charge in [-0.15, -0.1) is 0 Å². The molecule has 1 saturated heterocycles. The molecule has 0 amide bonds. The van der Waals surface area contributed by atoms with Gasteiger partial charge >= 0.3 is 0 Å². The SMILES string of the molecule is Cc1ncc(Br)cc1CC1CCS1(=O)=O. The summed E-state index contributed by atoms with van der Waals surface area (Å²) in [7, 11) is -2.79. The van der Waals surface area contributed by atoms with Crippen LogP contribution in [0, 0.1) is 6.92 Å². The van der Waals surface area contributed by atoms with Gasteiger partial charge in [0.25, 0.3) is 0 Å². The summed E-state index contributed by atoms with van der Waals surface area (Å²) in [5, 5.41) is -0.188. The molecule has 15 heavy (non-hydrogen) atoms. The molecule has 82 valence electrons. The highest BCUT2D eigenvalue weighted by atomic mass is 79.9. The first-order valence-electron chi connectivity index (χ1n) is 4.81. The Balaban J connectivity index is 2.21. The lowest BCUT2D eigenvalue weighted by Crippen LogP contribution is -2.38. The van der Waals surface area contributed by atoms with Gasteiger partial charge in [-0.1, -0.05) is 0 Å². The predicted molar refractivity (Wildman–Crippen MR) is 62.6 cm³/mol. The van der Waals surface area contributed by atoms with E-state index in [9.17, 15) is 8.42 Å². The van der Waals surface area contributed by atoms with Crippen molar-refractivity contribution in [2.24, 2.45) is 0 Å². The van der Waals surface area contributed by atoms with Gasteiger partial charge in [0.2, 0.25) is 0 Å². The Bertz CT molecular complexity index is 484. The van der Waals surface area contributed by atoms with Crippen molar-refractivity contribution in [3.63, 3.8) is 0 Å². The van der Waals surface area contributed by atoms with Crippen LogP contribution in [0.15, 0.2) is 16.7 Å². The zero-order valence-electron chi connectivity index (χ0n) is 8.40. The number of pyridine rings is 1. The van der Waals surface area contributed by atoms with E-state index in [0.29, 0.717) is 12.2 Å². The zero-order chi connectivity index (χ0) is 11.1. The second-order valence-corrected chi connectivity index (χ2v) is 7.20. The number of nitrogens with zero attached hydrogens (tertiary/aromatic N) is 1. The Morgan fingerprint density at radius 1 is 1.60 bits per heavy atom. The van der Waals surface area contributed by atoms with Crippen LogP contribution in [0.4, 0.5) is 0 Å². The number of hydrogen-bond donors (Lipinski definition) is 0. The molecule has 0 aromatic carbocycles. The molecule has 5 heteroatoms. The number of halogens is 1. The monoisotopic (exact) mass is 289 g/mol. The maximum absolute atomic E-state index is 11.4. The van der Waals surface area contributed by atoms with E-state index in [1.54, 1.807) is 6.20 Å². The lowest BCUT2D eigenvalue weighted by molar-refractivity contribution is 0.545. The van der Waals surface area contributed by atoms with E-state index in [1.807, 2.05) is 13.0 Å². The summed E-state index contributed by atoms with van der Waals surface area (Å²) in [6.07, 6.45) is 3.11. The quantitative estimate of drug-likeness (QED) is 0.835. The second-order valence-electron chi connectivity index (χ2n) is 3.88. The molecule has 2 rings (SSSR count). The highest BCUT2D eigenvalue weighted by Gasteiger charge is 2.35. The fourth-order valence-corrected chi connectivity index (χ4v) is 3.47. The summed E-state index contributed by atoms with van der Waals surface area (Å²) in [6, 6.07) is 1.95. The fourth-order valence-electron chi connectivity index (χ4n) is 1.71. The van der Waals surface area contributed by atoms with Gasteiger partial charge in [0.15, 0.2) is 9.84 Å². The number of hydrogen-bond acceptors (Lipinski definition) is 3. The first-order chi connectivity index (χ1) is 6.99. The van der Waals surface area contributed by atoms with Crippen LogP contribution in [0.1, 0.15) is 17.7 Å². The molecule has 1 aliphatic rings. The van der Waals surface area contributed by atoms with E-state index in [0.717, 1.165) is 22.2 Å². The maximum Gasteiger partial charge on any atom is 0.153 e. The molecule has 1 atom stereocenters. The predicted octanol–water partition coefficient (Wildman–Crippen LogP) is 1.88. The van der Waals surface area contributed by atoms with Gasteiger partial charge in [0, 0.05) is 16.4 Å². The first kappa shape index (κ1) is 11.1. The van der Waals surface area contributed by atoms with Gasteiger partial charge in [-0.3, -0.25) is 4.98 Å². The Morgan fingerprint density at radius 3 is 2.87 bits per heavy atom. The minimum Gasteiger partial charge on any atom is -0.260 e. The standard InChI is InChI=1S/C10H12BrNO2S/c1-7-8(4-9(11)6-12-7)5-10-2-3-15(10,13)14/h4,6,10H,2-3,5H2,1H3. The van der Waals surface area contributed by atoms with Crippen molar-refractivity contribution in [2.75, 3.05) is 5.75 Å². The summed E-state index contributed by atoms with van der Waals surface area (Å²) in [5.74, 6) is 0.345. The van der Waals surface area contributed by atoms with Crippen molar-refractivity contribution in [1.29, 1.82) is 0 Å². The summed E-state index contributed by atoms with van der Waals surface area (Å²) in [4.78, 5) is 4.20. The molecule has 1 unspecified atom stereocenters. The highest BCUT2D eigenvalue weighted by Crippen LogP contribution is 2.26. The van der Waals surface area contributed by atoms with Crippen LogP contribution >= 0.6 is 15.9 Å². The topological polar surface area (TPSA) is 47.0 Å². The summed E-state index contributed by atoms with van der Waals surface area (Å²) in [6.45, 7) is 1.91. The lowest BCUT2D eigenvalue weighted by atomic mass is 10.1. The normalized spacial score (nSPS) is 23.5. The van der Waals surface area contributed by atoms with Gasteiger partial charge in [-0.25, -0.2) is 8.42 Å². The molecule has 2 heterocycles. The second kappa shape index (κ2) is 3.87. The van der Waals surface area contributed by atoms with Gasteiger partial charge in [-0.2, -0.15) is 0 Å². The zero-order valence-corrected chi connectivity index (χ0v) is 10.8. The van der Waals surface area contributed by atoms with Crippen molar-refractivity contribution in [3.05, 3.63) is 28.0 Å². The van der Waals surface area contributed by atoms with Crippen LogP contribution in [0.3, 0.4) is 0 Å². The summed E-state index contributed by atoms with van der Waals surface area (Å²) in [5.41, 5.74) is 1.94. The van der Waals surface area contributed by atoms with Crippen molar-refractivity contribution < 1.29 is 8.42 Å². The van der Waals surface area contributed by atoms with E-state index >= 15 is 0 Å². The van der Waals surface area contributed by atoms with E-state index in [4.69, 9.17) is 0 Å². The Labute approximate surface area is 98.0 Å². The van der Waals surface area contributed by atoms with Gasteiger partial charge in [-0.05, 0) is 47.3 Å². The Hall–Kier alpha value is -0.420. The number of sulfone groups is 1. The number of rotatable bonds is 2. The highest BCUT2D eigenvalue weighted by molar-refractivity contribution is 9.10. The molecule has 0 aliphatic carbocycles. The third kappa shape index (κ3) is 2.23. The summed E-state index contributed by atoms with van der Waals surface area (Å²) >= 11 is 3.34. The Kier molecular flexibility index (Phi) is 2.85. The van der Waals surface area contributed by atoms with Crippen LogP contribution in [-0.4, -0.2) is 24.4 Å². The molecule has 1 aromatic rings. The average molecular weight is 290 g/mol. The molecule has 1 aromatic heterocycles. The number of aryl methyl sites for hydroxylation is 1. The molecule has 0 saturated carbocycles. The minimum atomic E-state index is -2.79. The van der Waals surface area contributed by atoms with E-state index in [1.165, 1.54) is 0 Å². The first-order valence-corrected chi connectivity index (χ1v) is 7.32. The largest absolute Gasteiger partial charge is 0.260 e. The molecule has 1 aliphatic heterocycles. The van der Waals surface area contributed by atoms with Gasteiger partial charge in [0.1, 0.15) is 0 Å². The van der Waals surface area contributed by atoms with Crippen LogP contribution in [0.25, 0.3) is 0 Å². The third-order valence-electron chi connectivity index (χ3n) is 2.84. The maximum atomic E-state index is 11.4. The molecule has 0 bridgehead atoms. The summed E-state index contributed by atoms with van der Waals surface area (Å²) < 4.78 is 23.7. The molecule has 1 fully saturated rings. The average Bonchev–Trinajstić information content (AvgIpc) is 2.18. The van der Waals surface area contributed by atoms with Crippen LogP contribution in [0.5, 0.6) is 0 Å². The van der Waals surface area contributed by atoms with Crippen molar-refractivity contribution in [1.82, 2.24) is 4.98 Å².